The highest BCUT2D eigenvalue weighted by Crippen LogP contribution is 2.26. The van der Waals surface area contributed by atoms with E-state index in [0.29, 0.717) is 30.2 Å². The van der Waals surface area contributed by atoms with Crippen molar-refractivity contribution < 1.29 is 13.9 Å². The molecule has 0 aromatic heterocycles. The van der Waals surface area contributed by atoms with Crippen molar-refractivity contribution in [2.75, 3.05) is 26.2 Å². The zero-order chi connectivity index (χ0) is 14.8. The molecule has 2 N–H and O–H groups in total. The van der Waals surface area contributed by atoms with Crippen molar-refractivity contribution in [3.05, 3.63) is 34.3 Å². The van der Waals surface area contributed by atoms with Crippen LogP contribution in [-0.2, 0) is 0 Å². The Kier molecular flexibility index (Phi) is 4.96. The van der Waals surface area contributed by atoms with Crippen molar-refractivity contribution in [2.45, 2.75) is 25.5 Å². The molecule has 1 aromatic rings. The van der Waals surface area contributed by atoms with Gasteiger partial charge in [-0.25, -0.2) is 8.78 Å². The van der Waals surface area contributed by atoms with Gasteiger partial charge in [0.25, 0.3) is 5.92 Å². The number of benzene rings is 1. The minimum Gasteiger partial charge on any atom is -0.374 e. The summed E-state index contributed by atoms with van der Waals surface area (Å²) < 4.78 is 26.0. The molecule has 1 saturated heterocycles. The summed E-state index contributed by atoms with van der Waals surface area (Å²) in [5.41, 5.74) is 1.62. The maximum atomic E-state index is 13.0. The van der Waals surface area contributed by atoms with Gasteiger partial charge in [-0.2, -0.15) is 0 Å². The lowest BCUT2D eigenvalue weighted by molar-refractivity contribution is 0.0120. The minimum absolute atomic E-state index is 0.0840. The van der Waals surface area contributed by atoms with E-state index in [1.807, 2.05) is 13.0 Å². The molecule has 0 saturated carbocycles. The number of nitrogens with zero attached hydrogens (tertiary/aromatic N) is 1. The zero-order valence-corrected chi connectivity index (χ0v) is 12.1. The molecule has 3 nitrogen and oxygen atoms in total. The van der Waals surface area contributed by atoms with Crippen LogP contribution < -0.4 is 5.32 Å². The molecule has 112 valence electrons. The Labute approximate surface area is 122 Å². The second-order valence-corrected chi connectivity index (χ2v) is 5.67. The fraction of sp³-hybridized carbons (Fsp3) is 0.571. The molecule has 20 heavy (non-hydrogen) atoms. The lowest BCUT2D eigenvalue weighted by Gasteiger charge is -2.19. The van der Waals surface area contributed by atoms with Gasteiger partial charge in [-0.05, 0) is 18.6 Å². The predicted molar refractivity (Wildman–Crippen MR) is 75.2 cm³/mol. The van der Waals surface area contributed by atoms with Gasteiger partial charge in [-0.1, -0.05) is 23.7 Å². The summed E-state index contributed by atoms with van der Waals surface area (Å²) in [5.74, 6) is -2.57. The van der Waals surface area contributed by atoms with Crippen LogP contribution in [0.5, 0.6) is 0 Å². The molecular formula is C14H19ClF2N2O. The molecule has 1 atom stereocenters. The molecular weight excluding hydrogens is 286 g/mol. The number of nitrogens with one attached hydrogen (secondary N) is 1. The smallest absolute Gasteiger partial charge is 0.261 e. The van der Waals surface area contributed by atoms with Crippen molar-refractivity contribution in [3.8, 4) is 0 Å². The van der Waals surface area contributed by atoms with E-state index in [4.69, 9.17) is 11.6 Å². The third-order valence-corrected chi connectivity index (χ3v) is 3.79. The minimum atomic E-state index is -2.57. The summed E-state index contributed by atoms with van der Waals surface area (Å²) in [4.78, 5) is 1.69. The van der Waals surface area contributed by atoms with E-state index in [1.165, 1.54) is 0 Å². The summed E-state index contributed by atoms with van der Waals surface area (Å²) in [6.07, 6.45) is -0.967. The van der Waals surface area contributed by atoms with Crippen molar-refractivity contribution in [3.63, 3.8) is 0 Å². The van der Waals surface area contributed by atoms with Crippen LogP contribution in [0.15, 0.2) is 18.2 Å². The molecule has 1 heterocycles. The first-order chi connectivity index (χ1) is 9.37. The van der Waals surface area contributed by atoms with E-state index in [0.717, 1.165) is 5.56 Å². The number of aliphatic hydroxyl groups excluding tert-OH is 1. The van der Waals surface area contributed by atoms with Gasteiger partial charge in [0.05, 0.1) is 6.54 Å². The van der Waals surface area contributed by atoms with Crippen molar-refractivity contribution in [2.24, 2.45) is 0 Å². The summed E-state index contributed by atoms with van der Waals surface area (Å²) in [6.45, 7) is 3.03. The Balaban J connectivity index is 1.79. The molecule has 0 spiro atoms. The number of hydrogen-bond donors (Lipinski definition) is 2. The van der Waals surface area contributed by atoms with Gasteiger partial charge >= 0.3 is 0 Å². The van der Waals surface area contributed by atoms with Gasteiger partial charge in [0.15, 0.2) is 0 Å². The SMILES string of the molecule is Cc1ccc(C(O)NCCN2CCC(F)(F)C2)c(Cl)c1. The molecule has 0 aliphatic carbocycles. The van der Waals surface area contributed by atoms with Gasteiger partial charge in [-0.3, -0.25) is 10.2 Å². The third-order valence-electron chi connectivity index (χ3n) is 3.46. The molecule has 1 aliphatic heterocycles. The van der Waals surface area contributed by atoms with Crippen LogP contribution in [0.1, 0.15) is 23.8 Å². The van der Waals surface area contributed by atoms with Crippen LogP contribution in [0.4, 0.5) is 8.78 Å². The number of halogens is 3. The number of aryl methyl sites for hydroxylation is 1. The summed E-state index contributed by atoms with van der Waals surface area (Å²) in [5, 5.41) is 13.4. The topological polar surface area (TPSA) is 35.5 Å². The van der Waals surface area contributed by atoms with Gasteiger partial charge in [0.1, 0.15) is 6.23 Å². The fourth-order valence-electron chi connectivity index (χ4n) is 2.32. The van der Waals surface area contributed by atoms with E-state index >= 15 is 0 Å². The Morgan fingerprint density at radius 3 is 2.85 bits per heavy atom. The van der Waals surface area contributed by atoms with Gasteiger partial charge in [0, 0.05) is 36.6 Å². The molecule has 6 heteroatoms. The highest BCUT2D eigenvalue weighted by atomic mass is 35.5. The largest absolute Gasteiger partial charge is 0.374 e. The van der Waals surface area contributed by atoms with Crippen molar-refractivity contribution in [1.29, 1.82) is 0 Å². The molecule has 1 aromatic carbocycles. The van der Waals surface area contributed by atoms with Crippen LogP contribution in [-0.4, -0.2) is 42.1 Å². The Hall–Kier alpha value is -0.750. The highest BCUT2D eigenvalue weighted by Gasteiger charge is 2.37. The van der Waals surface area contributed by atoms with Crippen LogP contribution in [0, 0.1) is 6.92 Å². The average Bonchev–Trinajstić information content (AvgIpc) is 2.68. The molecule has 0 amide bonds. The third kappa shape index (κ3) is 4.12. The lowest BCUT2D eigenvalue weighted by atomic mass is 10.1. The first kappa shape index (κ1) is 15.6. The standard InChI is InChI=1S/C14H19ClF2N2O/c1-10-2-3-11(12(15)8-10)13(20)18-5-7-19-6-4-14(16,17)9-19/h2-3,8,13,18,20H,4-7,9H2,1H3. The summed E-state index contributed by atoms with van der Waals surface area (Å²) >= 11 is 6.06. The molecule has 1 fully saturated rings. The quantitative estimate of drug-likeness (QED) is 0.821. The van der Waals surface area contributed by atoms with Crippen LogP contribution in [0.3, 0.4) is 0 Å². The number of likely N-dealkylation sites (tertiary alicyclic amines) is 1. The number of aliphatic hydroxyl groups is 1. The first-order valence-corrected chi connectivity index (χ1v) is 7.03. The zero-order valence-electron chi connectivity index (χ0n) is 11.4. The Morgan fingerprint density at radius 1 is 1.50 bits per heavy atom. The maximum absolute atomic E-state index is 13.0. The summed E-state index contributed by atoms with van der Waals surface area (Å²) in [6, 6.07) is 5.41. The van der Waals surface area contributed by atoms with E-state index < -0.39 is 12.2 Å². The molecule has 1 unspecified atom stereocenters. The molecule has 2 rings (SSSR count). The van der Waals surface area contributed by atoms with Gasteiger partial charge < -0.3 is 5.11 Å². The second kappa shape index (κ2) is 6.35. The maximum Gasteiger partial charge on any atom is 0.261 e. The highest BCUT2D eigenvalue weighted by molar-refractivity contribution is 6.31. The first-order valence-electron chi connectivity index (χ1n) is 6.65. The average molecular weight is 305 g/mol. The van der Waals surface area contributed by atoms with Crippen molar-refractivity contribution in [1.82, 2.24) is 10.2 Å². The summed E-state index contributed by atoms with van der Waals surface area (Å²) in [7, 11) is 0. The predicted octanol–water partition coefficient (Wildman–Crippen LogP) is 2.57. The van der Waals surface area contributed by atoms with Crippen LogP contribution in [0.2, 0.25) is 5.02 Å². The number of alkyl halides is 2. The van der Waals surface area contributed by atoms with Gasteiger partial charge in [-0.15, -0.1) is 0 Å². The van der Waals surface area contributed by atoms with E-state index in [9.17, 15) is 13.9 Å². The molecule has 0 radical (unpaired) electrons. The van der Waals surface area contributed by atoms with E-state index in [1.54, 1.807) is 17.0 Å². The Morgan fingerprint density at radius 2 is 2.25 bits per heavy atom. The Bertz CT molecular complexity index is 470. The second-order valence-electron chi connectivity index (χ2n) is 5.26. The van der Waals surface area contributed by atoms with E-state index in [-0.39, 0.29) is 13.0 Å². The molecule has 0 bridgehead atoms. The monoisotopic (exact) mass is 304 g/mol. The lowest BCUT2D eigenvalue weighted by Crippen LogP contribution is -2.34. The number of hydrogen-bond acceptors (Lipinski definition) is 3. The normalized spacial score (nSPS) is 20.2. The number of rotatable bonds is 5. The van der Waals surface area contributed by atoms with Gasteiger partial charge in [0.2, 0.25) is 0 Å². The van der Waals surface area contributed by atoms with E-state index in [2.05, 4.69) is 5.32 Å². The fourth-order valence-corrected chi connectivity index (χ4v) is 2.66. The molecule has 1 aliphatic rings. The van der Waals surface area contributed by atoms with Crippen LogP contribution >= 0.6 is 11.6 Å². The van der Waals surface area contributed by atoms with Crippen LogP contribution in [0.25, 0.3) is 0 Å². The van der Waals surface area contributed by atoms with Crippen molar-refractivity contribution >= 4 is 11.6 Å².